The zero-order valence-corrected chi connectivity index (χ0v) is 10.7. The van der Waals surface area contributed by atoms with Gasteiger partial charge in [-0.3, -0.25) is 4.79 Å². The quantitative estimate of drug-likeness (QED) is 0.572. The number of nitrogens with zero attached hydrogens (tertiary/aromatic N) is 1. The minimum absolute atomic E-state index is 0.277. The number of nitriles is 1. The first-order chi connectivity index (χ1) is 8.72. The maximum Gasteiger partial charge on any atom is 0.313 e. The molecule has 0 aliphatic rings. The Morgan fingerprint density at radius 1 is 1.44 bits per heavy atom. The average Bonchev–Trinajstić information content (AvgIpc) is 2.43. The predicted octanol–water partition coefficient (Wildman–Crippen LogP) is 2.65. The zero-order chi connectivity index (χ0) is 13.4. The minimum atomic E-state index is -0.335. The van der Waals surface area contributed by atoms with E-state index in [9.17, 15) is 4.79 Å². The Morgan fingerprint density at radius 3 is 2.83 bits per heavy atom. The van der Waals surface area contributed by atoms with Crippen LogP contribution in [-0.4, -0.2) is 20.2 Å². The van der Waals surface area contributed by atoms with Crippen molar-refractivity contribution in [2.75, 3.05) is 14.2 Å². The highest BCUT2D eigenvalue weighted by atomic mass is 16.5. The van der Waals surface area contributed by atoms with Crippen molar-refractivity contribution in [1.82, 2.24) is 0 Å². The maximum atomic E-state index is 11.8. The van der Waals surface area contributed by atoms with Crippen molar-refractivity contribution in [2.24, 2.45) is 0 Å². The fraction of sp³-hybridized carbons (Fsp3) is 0.429. The molecule has 0 heterocycles. The van der Waals surface area contributed by atoms with Crippen LogP contribution in [0.1, 0.15) is 30.7 Å². The van der Waals surface area contributed by atoms with Gasteiger partial charge in [0.1, 0.15) is 5.75 Å². The van der Waals surface area contributed by atoms with Gasteiger partial charge < -0.3 is 9.47 Å². The minimum Gasteiger partial charge on any atom is -0.497 e. The van der Waals surface area contributed by atoms with Crippen LogP contribution in [0.3, 0.4) is 0 Å². The summed E-state index contributed by atoms with van der Waals surface area (Å²) in [4.78, 5) is 11.8. The number of benzene rings is 1. The lowest BCUT2D eigenvalue weighted by Gasteiger charge is -2.15. The van der Waals surface area contributed by atoms with Crippen LogP contribution in [0.5, 0.6) is 5.75 Å². The van der Waals surface area contributed by atoms with Gasteiger partial charge in [-0.15, -0.1) is 0 Å². The van der Waals surface area contributed by atoms with Crippen LogP contribution in [0, 0.1) is 11.3 Å². The van der Waals surface area contributed by atoms with Crippen molar-refractivity contribution in [2.45, 2.75) is 25.2 Å². The van der Waals surface area contributed by atoms with E-state index in [1.54, 1.807) is 7.11 Å². The number of methoxy groups -OCH3 is 2. The highest BCUT2D eigenvalue weighted by Crippen LogP contribution is 2.26. The molecule has 1 atom stereocenters. The molecule has 0 N–H and O–H groups in total. The van der Waals surface area contributed by atoms with Crippen LogP contribution in [0.4, 0.5) is 0 Å². The lowest BCUT2D eigenvalue weighted by atomic mass is 9.93. The van der Waals surface area contributed by atoms with E-state index >= 15 is 0 Å². The van der Waals surface area contributed by atoms with E-state index in [2.05, 4.69) is 6.07 Å². The van der Waals surface area contributed by atoms with Crippen molar-refractivity contribution in [3.05, 3.63) is 29.8 Å². The first-order valence-corrected chi connectivity index (χ1v) is 5.81. The molecule has 0 spiro atoms. The number of hydrogen-bond donors (Lipinski definition) is 0. The van der Waals surface area contributed by atoms with E-state index in [4.69, 9.17) is 14.7 Å². The van der Waals surface area contributed by atoms with Crippen LogP contribution >= 0.6 is 0 Å². The fourth-order valence-corrected chi connectivity index (χ4v) is 1.81. The Kier molecular flexibility index (Phi) is 5.72. The second-order valence-electron chi connectivity index (χ2n) is 3.90. The molecule has 0 radical (unpaired) electrons. The third-order valence-corrected chi connectivity index (χ3v) is 2.76. The van der Waals surface area contributed by atoms with Crippen molar-refractivity contribution in [1.29, 1.82) is 5.26 Å². The summed E-state index contributed by atoms with van der Waals surface area (Å²) in [5.74, 6) is 0.0985. The van der Waals surface area contributed by atoms with Crippen molar-refractivity contribution < 1.29 is 14.3 Å². The van der Waals surface area contributed by atoms with Gasteiger partial charge in [-0.2, -0.15) is 5.26 Å². The van der Waals surface area contributed by atoms with Gasteiger partial charge in [0, 0.05) is 6.42 Å². The van der Waals surface area contributed by atoms with E-state index in [-0.39, 0.29) is 11.9 Å². The number of carbonyl (C=O) groups excluding carboxylic acids is 1. The van der Waals surface area contributed by atoms with E-state index < -0.39 is 0 Å². The summed E-state index contributed by atoms with van der Waals surface area (Å²) in [6.07, 6.45) is 1.72. The zero-order valence-electron chi connectivity index (χ0n) is 10.7. The number of rotatable bonds is 6. The molecule has 18 heavy (non-hydrogen) atoms. The third kappa shape index (κ3) is 3.77. The van der Waals surface area contributed by atoms with Crippen LogP contribution < -0.4 is 4.74 Å². The molecule has 4 nitrogen and oxygen atoms in total. The van der Waals surface area contributed by atoms with Gasteiger partial charge in [0.15, 0.2) is 0 Å². The number of unbranched alkanes of at least 4 members (excludes halogenated alkanes) is 1. The molecule has 1 aromatic carbocycles. The second-order valence-corrected chi connectivity index (χ2v) is 3.90. The predicted molar refractivity (Wildman–Crippen MR) is 67.2 cm³/mol. The molecule has 96 valence electrons. The van der Waals surface area contributed by atoms with Gasteiger partial charge in [-0.1, -0.05) is 12.1 Å². The third-order valence-electron chi connectivity index (χ3n) is 2.76. The monoisotopic (exact) mass is 247 g/mol. The lowest BCUT2D eigenvalue weighted by Crippen LogP contribution is -2.14. The normalized spacial score (nSPS) is 11.4. The number of esters is 1. The summed E-state index contributed by atoms with van der Waals surface area (Å²) in [5, 5.41) is 8.54. The van der Waals surface area contributed by atoms with Crippen molar-refractivity contribution in [3.8, 4) is 11.8 Å². The lowest BCUT2D eigenvalue weighted by molar-refractivity contribution is -0.142. The molecular formula is C14H17NO3. The smallest absolute Gasteiger partial charge is 0.313 e. The summed E-state index contributed by atoms with van der Waals surface area (Å²) in [5.41, 5.74) is 0.860. The van der Waals surface area contributed by atoms with Crippen molar-refractivity contribution in [3.63, 3.8) is 0 Å². The Balaban J connectivity index is 2.87. The molecule has 0 aromatic heterocycles. The van der Waals surface area contributed by atoms with Crippen LogP contribution in [0.25, 0.3) is 0 Å². The van der Waals surface area contributed by atoms with Gasteiger partial charge in [-0.05, 0) is 30.5 Å². The standard InChI is InChI=1S/C14H17NO3/c1-17-12-7-5-6-11(10-12)13(14(16)18-2)8-3-4-9-15/h5-7,10,13H,3-4,8H2,1-2H3. The largest absolute Gasteiger partial charge is 0.497 e. The molecule has 1 aromatic rings. The number of hydrogen-bond acceptors (Lipinski definition) is 4. The Bertz CT molecular complexity index is 437. The fourth-order valence-electron chi connectivity index (χ4n) is 1.81. The van der Waals surface area contributed by atoms with Gasteiger partial charge >= 0.3 is 5.97 Å². The van der Waals surface area contributed by atoms with Crippen molar-refractivity contribution >= 4 is 5.97 Å². The molecule has 0 fully saturated rings. The summed E-state index contributed by atoms with van der Waals surface area (Å²) in [7, 11) is 2.96. The Labute approximate surface area is 107 Å². The Morgan fingerprint density at radius 2 is 2.22 bits per heavy atom. The Hall–Kier alpha value is -2.02. The molecule has 0 aliphatic carbocycles. The molecule has 0 bridgehead atoms. The van der Waals surface area contributed by atoms with E-state index in [1.807, 2.05) is 24.3 Å². The van der Waals surface area contributed by atoms with E-state index in [0.29, 0.717) is 25.0 Å². The van der Waals surface area contributed by atoms with Gasteiger partial charge in [-0.25, -0.2) is 0 Å². The topological polar surface area (TPSA) is 59.3 Å². The van der Waals surface area contributed by atoms with Gasteiger partial charge in [0.2, 0.25) is 0 Å². The number of carbonyl (C=O) groups is 1. The second kappa shape index (κ2) is 7.33. The molecular weight excluding hydrogens is 230 g/mol. The summed E-state index contributed by atoms with van der Waals surface area (Å²) in [6.45, 7) is 0. The molecule has 1 unspecified atom stereocenters. The molecule has 0 saturated carbocycles. The van der Waals surface area contributed by atoms with Crippen LogP contribution in [-0.2, 0) is 9.53 Å². The summed E-state index contributed by atoms with van der Waals surface area (Å²) in [6, 6.07) is 9.44. The highest BCUT2D eigenvalue weighted by Gasteiger charge is 2.21. The van der Waals surface area contributed by atoms with Crippen LogP contribution in [0.15, 0.2) is 24.3 Å². The summed E-state index contributed by atoms with van der Waals surface area (Å²) < 4.78 is 9.95. The molecule has 1 rings (SSSR count). The first-order valence-electron chi connectivity index (χ1n) is 5.81. The maximum absolute atomic E-state index is 11.8. The van der Waals surface area contributed by atoms with Gasteiger partial charge in [0.05, 0.1) is 26.2 Å². The van der Waals surface area contributed by atoms with Crippen LogP contribution in [0.2, 0.25) is 0 Å². The van der Waals surface area contributed by atoms with E-state index in [0.717, 1.165) is 5.56 Å². The van der Waals surface area contributed by atoms with Gasteiger partial charge in [0.25, 0.3) is 0 Å². The van der Waals surface area contributed by atoms with E-state index in [1.165, 1.54) is 7.11 Å². The molecule has 4 heteroatoms. The summed E-state index contributed by atoms with van der Waals surface area (Å²) >= 11 is 0. The number of ether oxygens (including phenoxy) is 2. The average molecular weight is 247 g/mol. The SMILES string of the molecule is COC(=O)C(CCCC#N)c1cccc(OC)c1. The molecule has 0 saturated heterocycles. The molecule has 0 aliphatic heterocycles. The highest BCUT2D eigenvalue weighted by molar-refractivity contribution is 5.78. The first kappa shape index (κ1) is 14.0. The molecule has 0 amide bonds.